The van der Waals surface area contributed by atoms with Crippen molar-refractivity contribution in [2.75, 3.05) is 40.7 Å². The highest BCUT2D eigenvalue weighted by Gasteiger charge is 2.39. The maximum absolute atomic E-state index is 12.6. The third-order valence-electron chi connectivity index (χ3n) is 11.4. The molecule has 0 bridgehead atoms. The number of anilines is 7. The van der Waals surface area contributed by atoms with Crippen LogP contribution >= 0.6 is 0 Å². The highest BCUT2D eigenvalue weighted by Crippen LogP contribution is 2.43. The zero-order valence-electron chi connectivity index (χ0n) is 42.1. The van der Waals surface area contributed by atoms with Crippen molar-refractivity contribution < 1.29 is 85.4 Å². The molecule has 0 radical (unpaired) electrons. The van der Waals surface area contributed by atoms with Crippen molar-refractivity contribution in [3.05, 3.63) is 175 Å². The van der Waals surface area contributed by atoms with E-state index in [4.69, 9.17) is 14.8 Å². The average Bonchev–Trinajstić information content (AvgIpc) is 3.44. The van der Waals surface area contributed by atoms with Crippen LogP contribution in [0.1, 0.15) is 18.1 Å². The SMILES string of the molecule is CC(=O)Nc1cc(C(F)(F)F)c(N)cc1C(F)(F)F.CN(C)c1ccc2c(S(=O)(=O)O)ccc(O)c2c1.O=S(=O)(O)c1cc(O)c2cc(Nc3ccccc3)ccc2c1.O=S(=O)(O)c1ccc(O)c2cc(Nc3ccccc3)ccc12. The summed E-state index contributed by atoms with van der Waals surface area (Å²) in [5.41, 5.74) is 4.09. The van der Waals surface area contributed by atoms with E-state index >= 15 is 0 Å². The number of halogens is 6. The van der Waals surface area contributed by atoms with Gasteiger partial charge in [0.2, 0.25) is 5.91 Å². The summed E-state index contributed by atoms with van der Waals surface area (Å²) in [7, 11) is -9.33. The van der Waals surface area contributed by atoms with E-state index in [1.807, 2.05) is 79.7 Å². The van der Waals surface area contributed by atoms with Crippen LogP contribution in [0.3, 0.4) is 0 Å². The Morgan fingerprint density at radius 1 is 0.481 bits per heavy atom. The lowest BCUT2D eigenvalue weighted by molar-refractivity contribution is -0.140. The maximum Gasteiger partial charge on any atom is 0.418 e. The molecule has 0 unspecified atom stereocenters. The largest absolute Gasteiger partial charge is 0.507 e. The van der Waals surface area contributed by atoms with Gasteiger partial charge in [0.05, 0.1) is 21.7 Å². The van der Waals surface area contributed by atoms with Gasteiger partial charge in [0.15, 0.2) is 0 Å². The monoisotopic (exact) mass is 1180 g/mol. The summed E-state index contributed by atoms with van der Waals surface area (Å²) in [5, 5.41) is 40.1. The van der Waals surface area contributed by atoms with Crippen LogP contribution in [0, 0.1) is 0 Å². The first kappa shape index (κ1) is 61.4. The second-order valence-corrected chi connectivity index (χ2v) is 21.7. The molecule has 0 aliphatic rings. The number of aromatic hydroxyl groups is 3. The third-order valence-corrected chi connectivity index (χ3v) is 14.1. The zero-order chi connectivity index (χ0) is 60.0. The number of para-hydroxylation sites is 2. The number of carbonyl (C=O) groups is 1. The predicted molar refractivity (Wildman–Crippen MR) is 295 cm³/mol. The molecule has 0 aromatic heterocycles. The summed E-state index contributed by atoms with van der Waals surface area (Å²) in [6, 6.07) is 41.5. The molecule has 18 nitrogen and oxygen atoms in total. The van der Waals surface area contributed by atoms with E-state index < -0.39 is 71.1 Å². The summed E-state index contributed by atoms with van der Waals surface area (Å²) in [6.45, 7) is 0.879. The van der Waals surface area contributed by atoms with E-state index in [1.165, 1.54) is 30.3 Å². The fraction of sp³-hybridized carbons (Fsp3) is 0.0926. The molecule has 0 saturated heterocycles. The number of hydrogen-bond acceptors (Lipinski definition) is 14. The summed E-state index contributed by atoms with van der Waals surface area (Å²) in [5.74, 6) is -1.22. The highest BCUT2D eigenvalue weighted by atomic mass is 32.2. The van der Waals surface area contributed by atoms with E-state index in [2.05, 4.69) is 10.6 Å². The molecule has 0 spiro atoms. The number of nitrogens with zero attached hydrogens (tertiary/aromatic N) is 1. The molecular formula is C54H47F6N5O13S3. The molecule has 0 fully saturated rings. The standard InChI is InChI=1S/2C16H13NO4S.C12H13NO4S.C10H8F6N2O/c18-16-10-14(22(19,20)21)8-11-6-7-13(9-15(11)16)17-12-4-2-1-3-5-12;18-15-8-9-16(22(19,20)21)13-7-6-12(10-14(13)15)17-11-4-2-1-3-5-11;1-13(2)8-3-4-9-10(7-8)11(14)5-6-12(9)18(15,16)17;1-4(19)18-8-3-5(9(11,12)13)7(17)2-6(8)10(14,15)16/h2*1-10,17-18H,(H,19,20,21);3-7,14H,1-2H3,(H,15,16,17);2-3H,17H2,1H3,(H,18,19). The molecule has 1 amide bonds. The smallest absolute Gasteiger partial charge is 0.418 e. The van der Waals surface area contributed by atoms with Crippen molar-refractivity contribution in [3.8, 4) is 17.2 Å². The first-order valence-corrected chi connectivity index (χ1v) is 27.3. The Labute approximate surface area is 458 Å². The van der Waals surface area contributed by atoms with Crippen molar-refractivity contribution in [1.82, 2.24) is 0 Å². The van der Waals surface area contributed by atoms with Crippen molar-refractivity contribution in [3.63, 3.8) is 0 Å². The Hall–Kier alpha value is -8.86. The number of carbonyl (C=O) groups excluding carboxylic acids is 1. The van der Waals surface area contributed by atoms with Crippen LogP contribution in [-0.4, -0.2) is 74.2 Å². The first-order valence-electron chi connectivity index (χ1n) is 23.0. The Kier molecular flexibility index (Phi) is 18.4. The Bertz CT molecular complexity index is 4160. The van der Waals surface area contributed by atoms with Gasteiger partial charge in [-0.15, -0.1) is 0 Å². The van der Waals surface area contributed by atoms with Crippen LogP contribution in [0.15, 0.2) is 178 Å². The van der Waals surface area contributed by atoms with E-state index in [-0.39, 0.29) is 49.5 Å². The third kappa shape index (κ3) is 15.9. The highest BCUT2D eigenvalue weighted by molar-refractivity contribution is 7.86. The second kappa shape index (κ2) is 24.2. The number of hydrogen-bond donors (Lipinski definition) is 10. The van der Waals surface area contributed by atoms with E-state index in [1.54, 1.807) is 59.9 Å². The van der Waals surface area contributed by atoms with Crippen LogP contribution in [0.25, 0.3) is 32.3 Å². The van der Waals surface area contributed by atoms with Gasteiger partial charge in [0.1, 0.15) is 27.0 Å². The van der Waals surface area contributed by atoms with E-state index in [0.717, 1.165) is 35.7 Å². The van der Waals surface area contributed by atoms with Crippen LogP contribution < -0.4 is 26.6 Å². The van der Waals surface area contributed by atoms with Crippen molar-refractivity contribution >= 4 is 108 Å². The number of phenolic OH excluding ortho intramolecular Hbond substituents is 3. The Morgan fingerprint density at radius 2 is 0.938 bits per heavy atom. The van der Waals surface area contributed by atoms with Gasteiger partial charge in [-0.1, -0.05) is 54.6 Å². The molecule has 11 N–H and O–H groups in total. The number of fused-ring (bicyclic) bond motifs is 3. The lowest BCUT2D eigenvalue weighted by Crippen LogP contribution is -2.17. The lowest BCUT2D eigenvalue weighted by atomic mass is 10.1. The van der Waals surface area contributed by atoms with Crippen molar-refractivity contribution in [2.24, 2.45) is 0 Å². The molecule has 426 valence electrons. The second-order valence-electron chi connectivity index (χ2n) is 17.5. The van der Waals surface area contributed by atoms with Crippen LogP contribution in [0.5, 0.6) is 17.2 Å². The average molecular weight is 1180 g/mol. The van der Waals surface area contributed by atoms with Gasteiger partial charge >= 0.3 is 12.4 Å². The fourth-order valence-electron chi connectivity index (χ4n) is 7.71. The van der Waals surface area contributed by atoms with E-state index in [0.29, 0.717) is 32.6 Å². The molecule has 0 aliphatic heterocycles. The van der Waals surface area contributed by atoms with Gasteiger partial charge in [0, 0.05) is 88.1 Å². The number of nitrogen functional groups attached to an aromatic ring is 1. The summed E-state index contributed by atoms with van der Waals surface area (Å²) in [4.78, 5) is 11.8. The molecule has 27 heteroatoms. The minimum absolute atomic E-state index is 0.0268. The van der Waals surface area contributed by atoms with Crippen molar-refractivity contribution in [1.29, 1.82) is 0 Å². The number of alkyl halides is 6. The number of benzene rings is 9. The number of phenols is 3. The summed E-state index contributed by atoms with van der Waals surface area (Å²) < 4.78 is 170. The number of nitrogens with one attached hydrogen (secondary N) is 3. The van der Waals surface area contributed by atoms with Gasteiger partial charge < -0.3 is 41.9 Å². The van der Waals surface area contributed by atoms with Gasteiger partial charge in [-0.3, -0.25) is 18.5 Å². The Balaban J connectivity index is 0.000000175. The molecule has 9 rings (SSSR count). The number of amides is 1. The van der Waals surface area contributed by atoms with Gasteiger partial charge in [-0.2, -0.15) is 51.6 Å². The zero-order valence-corrected chi connectivity index (χ0v) is 44.6. The quantitative estimate of drug-likeness (QED) is 0.0365. The molecule has 0 aliphatic carbocycles. The molecule has 0 atom stereocenters. The lowest BCUT2D eigenvalue weighted by Gasteiger charge is -2.17. The minimum atomic E-state index is -4.93. The predicted octanol–water partition coefficient (Wildman–Crippen LogP) is 12.2. The summed E-state index contributed by atoms with van der Waals surface area (Å²) >= 11 is 0. The molecule has 81 heavy (non-hydrogen) atoms. The maximum atomic E-state index is 12.6. The normalized spacial score (nSPS) is 11.8. The van der Waals surface area contributed by atoms with Crippen LogP contribution in [0.4, 0.5) is 66.2 Å². The Morgan fingerprint density at radius 3 is 1.38 bits per heavy atom. The van der Waals surface area contributed by atoms with Crippen LogP contribution in [-0.2, 0) is 47.5 Å². The molecule has 9 aromatic carbocycles. The van der Waals surface area contributed by atoms with E-state index in [9.17, 15) is 76.3 Å². The molecule has 0 saturated carbocycles. The van der Waals surface area contributed by atoms with Crippen molar-refractivity contribution in [2.45, 2.75) is 34.0 Å². The fourth-order valence-corrected chi connectivity index (χ4v) is 9.64. The molecular weight excluding hydrogens is 1140 g/mol. The topological polar surface area (TPSA) is 306 Å². The van der Waals surface area contributed by atoms with Crippen LogP contribution in [0.2, 0.25) is 0 Å². The van der Waals surface area contributed by atoms with Gasteiger partial charge in [-0.25, -0.2) is 0 Å². The van der Waals surface area contributed by atoms with Gasteiger partial charge in [-0.05, 0) is 109 Å². The molecule has 0 heterocycles. The first-order chi connectivity index (χ1) is 37.6. The molecule has 9 aromatic rings. The minimum Gasteiger partial charge on any atom is -0.507 e. The number of nitrogens with two attached hydrogens (primary N) is 1. The summed E-state index contributed by atoms with van der Waals surface area (Å²) in [6.07, 6.45) is -9.85. The van der Waals surface area contributed by atoms with Gasteiger partial charge in [0.25, 0.3) is 30.4 Å². The number of rotatable bonds is 9.